The standard InChI is InChI=1S/C8H13N3S/c1-6-3-8(11-5-10-6)12-7(2)4-9/h3,5,7H,4,9H2,1-2H3. The topological polar surface area (TPSA) is 51.8 Å². The summed E-state index contributed by atoms with van der Waals surface area (Å²) < 4.78 is 0. The average Bonchev–Trinajstić information content (AvgIpc) is 2.04. The number of thioether (sulfide) groups is 1. The van der Waals surface area contributed by atoms with Crippen LogP contribution in [0, 0.1) is 6.92 Å². The van der Waals surface area contributed by atoms with E-state index in [-0.39, 0.29) is 0 Å². The van der Waals surface area contributed by atoms with Crippen molar-refractivity contribution in [3.8, 4) is 0 Å². The van der Waals surface area contributed by atoms with Gasteiger partial charge in [-0.2, -0.15) is 0 Å². The lowest BCUT2D eigenvalue weighted by molar-refractivity contribution is 0.936. The lowest BCUT2D eigenvalue weighted by Crippen LogP contribution is -2.12. The van der Waals surface area contributed by atoms with Crippen molar-refractivity contribution in [2.45, 2.75) is 24.1 Å². The smallest absolute Gasteiger partial charge is 0.116 e. The number of rotatable bonds is 3. The summed E-state index contributed by atoms with van der Waals surface area (Å²) in [5.41, 5.74) is 6.49. The summed E-state index contributed by atoms with van der Waals surface area (Å²) in [5, 5.41) is 1.42. The van der Waals surface area contributed by atoms with Crippen molar-refractivity contribution >= 4 is 11.8 Å². The van der Waals surface area contributed by atoms with E-state index in [9.17, 15) is 0 Å². The number of nitrogens with zero attached hydrogens (tertiary/aromatic N) is 2. The summed E-state index contributed by atoms with van der Waals surface area (Å²) in [6.45, 7) is 4.72. The van der Waals surface area contributed by atoms with Crippen molar-refractivity contribution in [3.63, 3.8) is 0 Å². The number of hydrogen-bond acceptors (Lipinski definition) is 4. The highest BCUT2D eigenvalue weighted by Gasteiger charge is 2.02. The van der Waals surface area contributed by atoms with Gasteiger partial charge in [-0.05, 0) is 13.0 Å². The minimum Gasteiger partial charge on any atom is -0.329 e. The quantitative estimate of drug-likeness (QED) is 0.565. The van der Waals surface area contributed by atoms with Gasteiger partial charge in [-0.1, -0.05) is 6.92 Å². The van der Waals surface area contributed by atoms with Gasteiger partial charge < -0.3 is 5.73 Å². The Labute approximate surface area is 76.8 Å². The van der Waals surface area contributed by atoms with E-state index in [0.29, 0.717) is 11.8 Å². The second-order valence-electron chi connectivity index (χ2n) is 2.66. The van der Waals surface area contributed by atoms with Crippen LogP contribution in [0.5, 0.6) is 0 Å². The second-order valence-corrected chi connectivity index (χ2v) is 4.12. The lowest BCUT2D eigenvalue weighted by atomic mass is 10.5. The Morgan fingerprint density at radius 1 is 1.58 bits per heavy atom. The fraction of sp³-hybridized carbons (Fsp3) is 0.500. The molecule has 66 valence electrons. The highest BCUT2D eigenvalue weighted by atomic mass is 32.2. The molecule has 0 aliphatic carbocycles. The van der Waals surface area contributed by atoms with Crippen LogP contribution in [0.3, 0.4) is 0 Å². The molecule has 1 heterocycles. The van der Waals surface area contributed by atoms with Crippen LogP contribution in [0.25, 0.3) is 0 Å². The number of aromatic nitrogens is 2. The molecule has 0 bridgehead atoms. The molecule has 0 fully saturated rings. The first-order valence-electron chi connectivity index (χ1n) is 3.87. The fourth-order valence-corrected chi connectivity index (χ4v) is 1.60. The maximum Gasteiger partial charge on any atom is 0.116 e. The van der Waals surface area contributed by atoms with Crippen molar-refractivity contribution in [2.24, 2.45) is 5.73 Å². The maximum atomic E-state index is 5.49. The van der Waals surface area contributed by atoms with E-state index < -0.39 is 0 Å². The highest BCUT2D eigenvalue weighted by Crippen LogP contribution is 2.19. The Morgan fingerprint density at radius 3 is 2.92 bits per heavy atom. The number of hydrogen-bond donors (Lipinski definition) is 1. The Morgan fingerprint density at radius 2 is 2.33 bits per heavy atom. The van der Waals surface area contributed by atoms with Crippen LogP contribution in [0.4, 0.5) is 0 Å². The van der Waals surface area contributed by atoms with E-state index in [1.54, 1.807) is 18.1 Å². The van der Waals surface area contributed by atoms with Crippen LogP contribution in [0.15, 0.2) is 17.4 Å². The molecule has 3 nitrogen and oxygen atoms in total. The summed E-state index contributed by atoms with van der Waals surface area (Å²) in [6.07, 6.45) is 1.58. The van der Waals surface area contributed by atoms with Crippen molar-refractivity contribution in [1.82, 2.24) is 9.97 Å². The minimum atomic E-state index is 0.416. The second kappa shape index (κ2) is 4.42. The molecule has 0 spiro atoms. The molecule has 0 amide bonds. The minimum absolute atomic E-state index is 0.416. The van der Waals surface area contributed by atoms with Gasteiger partial charge in [0.25, 0.3) is 0 Å². The average molecular weight is 183 g/mol. The molecule has 0 aromatic carbocycles. The van der Waals surface area contributed by atoms with Gasteiger partial charge in [0.05, 0.1) is 5.03 Å². The Hall–Kier alpha value is -0.610. The molecule has 1 aromatic heterocycles. The molecule has 1 atom stereocenters. The summed E-state index contributed by atoms with van der Waals surface area (Å²) in [5.74, 6) is 0. The van der Waals surface area contributed by atoms with E-state index in [2.05, 4.69) is 16.9 Å². The van der Waals surface area contributed by atoms with Crippen LogP contribution in [0.2, 0.25) is 0 Å². The largest absolute Gasteiger partial charge is 0.329 e. The van der Waals surface area contributed by atoms with E-state index in [1.165, 1.54) is 0 Å². The number of nitrogens with two attached hydrogens (primary N) is 1. The lowest BCUT2D eigenvalue weighted by Gasteiger charge is -2.06. The molecular formula is C8H13N3S. The van der Waals surface area contributed by atoms with Crippen LogP contribution in [-0.4, -0.2) is 21.8 Å². The summed E-state index contributed by atoms with van der Waals surface area (Å²) in [4.78, 5) is 8.14. The molecule has 1 aromatic rings. The maximum absolute atomic E-state index is 5.49. The predicted octanol–water partition coefficient (Wildman–Crippen LogP) is 1.22. The third-order valence-corrected chi connectivity index (χ3v) is 2.49. The van der Waals surface area contributed by atoms with Gasteiger partial charge in [0, 0.05) is 17.5 Å². The van der Waals surface area contributed by atoms with Gasteiger partial charge in [-0.3, -0.25) is 0 Å². The molecular weight excluding hydrogens is 170 g/mol. The monoisotopic (exact) mass is 183 g/mol. The molecule has 2 N–H and O–H groups in total. The fourth-order valence-electron chi connectivity index (χ4n) is 0.749. The zero-order chi connectivity index (χ0) is 8.97. The van der Waals surface area contributed by atoms with Gasteiger partial charge in [0.15, 0.2) is 0 Å². The SMILES string of the molecule is Cc1cc(SC(C)CN)ncn1. The molecule has 1 rings (SSSR count). The molecule has 0 saturated heterocycles. The summed E-state index contributed by atoms with van der Waals surface area (Å²) >= 11 is 1.68. The van der Waals surface area contributed by atoms with E-state index in [1.807, 2.05) is 13.0 Å². The first-order valence-corrected chi connectivity index (χ1v) is 4.75. The normalized spacial score (nSPS) is 12.9. The van der Waals surface area contributed by atoms with Crippen molar-refractivity contribution < 1.29 is 0 Å². The van der Waals surface area contributed by atoms with E-state index >= 15 is 0 Å². The summed E-state index contributed by atoms with van der Waals surface area (Å²) in [7, 11) is 0. The molecule has 4 heteroatoms. The molecule has 0 radical (unpaired) electrons. The van der Waals surface area contributed by atoms with Crippen LogP contribution < -0.4 is 5.73 Å². The highest BCUT2D eigenvalue weighted by molar-refractivity contribution is 7.99. The zero-order valence-electron chi connectivity index (χ0n) is 7.32. The molecule has 12 heavy (non-hydrogen) atoms. The molecule has 1 unspecified atom stereocenters. The number of aryl methyl sites for hydroxylation is 1. The zero-order valence-corrected chi connectivity index (χ0v) is 8.14. The van der Waals surface area contributed by atoms with Crippen molar-refractivity contribution in [2.75, 3.05) is 6.54 Å². The molecule has 0 aliphatic heterocycles. The van der Waals surface area contributed by atoms with Crippen molar-refractivity contribution in [3.05, 3.63) is 18.1 Å². The van der Waals surface area contributed by atoms with E-state index in [0.717, 1.165) is 10.7 Å². The predicted molar refractivity (Wildman–Crippen MR) is 51.1 cm³/mol. The van der Waals surface area contributed by atoms with Gasteiger partial charge in [0.2, 0.25) is 0 Å². The third-order valence-electron chi connectivity index (χ3n) is 1.43. The first kappa shape index (κ1) is 9.48. The van der Waals surface area contributed by atoms with Gasteiger partial charge in [-0.15, -0.1) is 11.8 Å². The van der Waals surface area contributed by atoms with E-state index in [4.69, 9.17) is 5.73 Å². The third kappa shape index (κ3) is 2.79. The van der Waals surface area contributed by atoms with Gasteiger partial charge >= 0.3 is 0 Å². The van der Waals surface area contributed by atoms with Crippen LogP contribution in [0.1, 0.15) is 12.6 Å². The van der Waals surface area contributed by atoms with Crippen LogP contribution >= 0.6 is 11.8 Å². The summed E-state index contributed by atoms with van der Waals surface area (Å²) in [6, 6.07) is 1.97. The van der Waals surface area contributed by atoms with Gasteiger partial charge in [-0.25, -0.2) is 9.97 Å². The Bertz CT molecular complexity index is 252. The van der Waals surface area contributed by atoms with Gasteiger partial charge in [0.1, 0.15) is 6.33 Å². The first-order chi connectivity index (χ1) is 5.72. The van der Waals surface area contributed by atoms with Crippen molar-refractivity contribution in [1.29, 1.82) is 0 Å². The Kier molecular flexibility index (Phi) is 3.49. The molecule has 0 saturated carbocycles. The molecule has 0 aliphatic rings. The van der Waals surface area contributed by atoms with Crippen LogP contribution in [-0.2, 0) is 0 Å². The Balaban J connectivity index is 2.63.